The number of carboxylic acid groups (broad SMARTS) is 1. The third-order valence-electron chi connectivity index (χ3n) is 2.61. The molecule has 3 N–H and O–H groups in total. The maximum atomic E-state index is 11.4. The highest BCUT2D eigenvalue weighted by molar-refractivity contribution is 7.91. The van der Waals surface area contributed by atoms with Crippen LogP contribution in [0.1, 0.15) is 19.8 Å². The molecular weight excluding hydrogens is 248 g/mol. The standard InChI is InChI=1S/C9H16N2O5S/c1-6(8(12)13)10-9(14)11-7-2-4-17(15,16)5-3-7/h6-7H,2-5H2,1H3,(H,12,13)(H2,10,11,14)/t6-/m1/s1. The number of carbonyl (C=O) groups excluding carboxylic acids is 1. The van der Waals surface area contributed by atoms with Crippen LogP contribution >= 0.6 is 0 Å². The van der Waals surface area contributed by atoms with Crippen molar-refractivity contribution < 1.29 is 23.1 Å². The van der Waals surface area contributed by atoms with Crippen LogP contribution in [0.3, 0.4) is 0 Å². The number of aliphatic carboxylic acids is 1. The molecule has 17 heavy (non-hydrogen) atoms. The maximum Gasteiger partial charge on any atom is 0.325 e. The number of nitrogens with one attached hydrogen (secondary N) is 2. The zero-order chi connectivity index (χ0) is 13.1. The van der Waals surface area contributed by atoms with Crippen molar-refractivity contribution in [3.05, 3.63) is 0 Å². The Bertz CT molecular complexity index is 392. The first-order chi connectivity index (χ1) is 7.80. The molecule has 0 spiro atoms. The summed E-state index contributed by atoms with van der Waals surface area (Å²) < 4.78 is 22.3. The fourth-order valence-electron chi connectivity index (χ4n) is 1.52. The number of sulfone groups is 1. The summed E-state index contributed by atoms with van der Waals surface area (Å²) in [6.45, 7) is 1.35. The van der Waals surface area contributed by atoms with Gasteiger partial charge in [0.25, 0.3) is 0 Å². The van der Waals surface area contributed by atoms with E-state index < -0.39 is 27.9 Å². The summed E-state index contributed by atoms with van der Waals surface area (Å²) in [6, 6.07) is -1.76. The average Bonchev–Trinajstić information content (AvgIpc) is 2.21. The Morgan fingerprint density at radius 2 is 1.82 bits per heavy atom. The molecule has 8 heteroatoms. The van der Waals surface area contributed by atoms with E-state index in [9.17, 15) is 18.0 Å². The van der Waals surface area contributed by atoms with E-state index >= 15 is 0 Å². The normalized spacial score (nSPS) is 21.5. The van der Waals surface area contributed by atoms with Gasteiger partial charge in [-0.15, -0.1) is 0 Å². The van der Waals surface area contributed by atoms with Crippen molar-refractivity contribution in [2.24, 2.45) is 0 Å². The second-order valence-corrected chi connectivity index (χ2v) is 6.41. The molecule has 98 valence electrons. The Morgan fingerprint density at radius 1 is 1.29 bits per heavy atom. The third kappa shape index (κ3) is 4.59. The molecule has 1 aliphatic rings. The van der Waals surface area contributed by atoms with E-state index in [0.29, 0.717) is 12.8 Å². The van der Waals surface area contributed by atoms with Gasteiger partial charge in [-0.25, -0.2) is 13.2 Å². The lowest BCUT2D eigenvalue weighted by Crippen LogP contribution is -2.49. The van der Waals surface area contributed by atoms with Gasteiger partial charge in [-0.3, -0.25) is 4.79 Å². The van der Waals surface area contributed by atoms with Gasteiger partial charge in [0.2, 0.25) is 0 Å². The van der Waals surface area contributed by atoms with Gasteiger partial charge < -0.3 is 15.7 Å². The minimum absolute atomic E-state index is 0.0619. The van der Waals surface area contributed by atoms with E-state index in [1.165, 1.54) is 6.92 Å². The lowest BCUT2D eigenvalue weighted by atomic mass is 10.1. The molecule has 0 saturated carbocycles. The van der Waals surface area contributed by atoms with Crippen molar-refractivity contribution >= 4 is 21.8 Å². The molecular formula is C9H16N2O5S. The minimum Gasteiger partial charge on any atom is -0.480 e. The number of carboxylic acids is 1. The molecule has 1 fully saturated rings. The number of urea groups is 1. The first-order valence-electron chi connectivity index (χ1n) is 5.30. The van der Waals surface area contributed by atoms with E-state index in [2.05, 4.69) is 10.6 Å². The molecule has 1 aliphatic heterocycles. The molecule has 1 heterocycles. The van der Waals surface area contributed by atoms with Gasteiger partial charge in [-0.05, 0) is 19.8 Å². The summed E-state index contributed by atoms with van der Waals surface area (Å²) in [5.41, 5.74) is 0. The molecule has 0 bridgehead atoms. The van der Waals surface area contributed by atoms with Crippen molar-refractivity contribution in [2.45, 2.75) is 31.8 Å². The van der Waals surface area contributed by atoms with Crippen LogP contribution in [0.15, 0.2) is 0 Å². The quantitative estimate of drug-likeness (QED) is 0.626. The van der Waals surface area contributed by atoms with Gasteiger partial charge in [0, 0.05) is 6.04 Å². The molecule has 1 atom stereocenters. The number of carbonyl (C=O) groups is 2. The van der Waals surface area contributed by atoms with Crippen molar-refractivity contribution in [3.8, 4) is 0 Å². The fraction of sp³-hybridized carbons (Fsp3) is 0.778. The molecule has 7 nitrogen and oxygen atoms in total. The lowest BCUT2D eigenvalue weighted by molar-refractivity contribution is -0.138. The van der Waals surface area contributed by atoms with E-state index in [4.69, 9.17) is 5.11 Å². The Kier molecular flexibility index (Phi) is 4.33. The Labute approximate surface area is 99.5 Å². The molecule has 0 aromatic rings. The summed E-state index contributed by atoms with van der Waals surface area (Å²) in [5, 5.41) is 13.4. The van der Waals surface area contributed by atoms with Crippen LogP contribution in [0, 0.1) is 0 Å². The van der Waals surface area contributed by atoms with Crippen LogP contribution in [-0.4, -0.2) is 49.1 Å². The second kappa shape index (κ2) is 5.35. The van der Waals surface area contributed by atoms with Crippen LogP contribution in [0.25, 0.3) is 0 Å². The first kappa shape index (κ1) is 13.8. The van der Waals surface area contributed by atoms with Crippen LogP contribution < -0.4 is 10.6 Å². The predicted octanol–water partition coefficient (Wildman–Crippen LogP) is -0.664. The smallest absolute Gasteiger partial charge is 0.325 e. The molecule has 0 aromatic carbocycles. The fourth-order valence-corrected chi connectivity index (χ4v) is 3.01. The van der Waals surface area contributed by atoms with Gasteiger partial charge in [0.15, 0.2) is 0 Å². The highest BCUT2D eigenvalue weighted by Crippen LogP contribution is 2.11. The second-order valence-electron chi connectivity index (χ2n) is 4.10. The molecule has 1 saturated heterocycles. The van der Waals surface area contributed by atoms with Gasteiger partial charge in [0.1, 0.15) is 15.9 Å². The van der Waals surface area contributed by atoms with Crippen molar-refractivity contribution in [1.29, 1.82) is 0 Å². The maximum absolute atomic E-state index is 11.4. The number of hydrogen-bond acceptors (Lipinski definition) is 4. The first-order valence-corrected chi connectivity index (χ1v) is 7.12. The van der Waals surface area contributed by atoms with E-state index in [1.807, 2.05) is 0 Å². The van der Waals surface area contributed by atoms with Crippen LogP contribution in [0.5, 0.6) is 0 Å². The zero-order valence-corrected chi connectivity index (χ0v) is 10.3. The number of rotatable bonds is 3. The highest BCUT2D eigenvalue weighted by atomic mass is 32.2. The molecule has 0 unspecified atom stereocenters. The Morgan fingerprint density at radius 3 is 2.29 bits per heavy atom. The van der Waals surface area contributed by atoms with Crippen LogP contribution in [-0.2, 0) is 14.6 Å². The van der Waals surface area contributed by atoms with Crippen molar-refractivity contribution in [3.63, 3.8) is 0 Å². The Hall–Kier alpha value is -1.31. The topological polar surface area (TPSA) is 113 Å². The van der Waals surface area contributed by atoms with Crippen LogP contribution in [0.4, 0.5) is 4.79 Å². The van der Waals surface area contributed by atoms with Gasteiger partial charge in [-0.1, -0.05) is 0 Å². The monoisotopic (exact) mass is 264 g/mol. The number of hydrogen-bond donors (Lipinski definition) is 3. The molecule has 2 amide bonds. The summed E-state index contributed by atoms with van der Waals surface area (Å²) in [6.07, 6.45) is 0.744. The minimum atomic E-state index is -2.95. The summed E-state index contributed by atoms with van der Waals surface area (Å²) in [4.78, 5) is 21.8. The summed E-state index contributed by atoms with van der Waals surface area (Å²) in [5.74, 6) is -0.995. The lowest BCUT2D eigenvalue weighted by Gasteiger charge is -2.23. The largest absolute Gasteiger partial charge is 0.480 e. The average molecular weight is 264 g/mol. The van der Waals surface area contributed by atoms with Gasteiger partial charge in [0.05, 0.1) is 11.5 Å². The zero-order valence-electron chi connectivity index (χ0n) is 9.47. The molecule has 0 aromatic heterocycles. The van der Waals surface area contributed by atoms with Crippen molar-refractivity contribution in [2.75, 3.05) is 11.5 Å². The van der Waals surface area contributed by atoms with Crippen molar-refractivity contribution in [1.82, 2.24) is 10.6 Å². The molecule has 0 radical (unpaired) electrons. The summed E-state index contributed by atoms with van der Waals surface area (Å²) in [7, 11) is -2.95. The Balaban J connectivity index is 2.36. The van der Waals surface area contributed by atoms with Gasteiger partial charge >= 0.3 is 12.0 Å². The van der Waals surface area contributed by atoms with E-state index in [1.54, 1.807) is 0 Å². The van der Waals surface area contributed by atoms with Crippen LogP contribution in [0.2, 0.25) is 0 Å². The van der Waals surface area contributed by atoms with E-state index in [-0.39, 0.29) is 17.5 Å². The third-order valence-corrected chi connectivity index (χ3v) is 4.32. The number of amides is 2. The molecule has 1 rings (SSSR count). The molecule has 0 aliphatic carbocycles. The SMILES string of the molecule is C[C@@H](NC(=O)NC1CCS(=O)(=O)CC1)C(=O)O. The van der Waals surface area contributed by atoms with Gasteiger partial charge in [-0.2, -0.15) is 0 Å². The predicted molar refractivity (Wildman–Crippen MR) is 60.4 cm³/mol. The highest BCUT2D eigenvalue weighted by Gasteiger charge is 2.25. The summed E-state index contributed by atoms with van der Waals surface area (Å²) >= 11 is 0. The van der Waals surface area contributed by atoms with E-state index in [0.717, 1.165) is 0 Å².